The van der Waals surface area contributed by atoms with Gasteiger partial charge in [0.2, 0.25) is 5.13 Å². The molecule has 0 saturated carbocycles. The van der Waals surface area contributed by atoms with Crippen LogP contribution in [0.2, 0.25) is 0 Å². The van der Waals surface area contributed by atoms with E-state index in [1.54, 1.807) is 12.1 Å². The number of anilines is 2. The fourth-order valence-electron chi connectivity index (χ4n) is 3.04. The molecule has 0 spiro atoms. The van der Waals surface area contributed by atoms with E-state index in [-0.39, 0.29) is 5.69 Å². The zero-order valence-corrected chi connectivity index (χ0v) is 18.2. The van der Waals surface area contributed by atoms with Crippen LogP contribution in [-0.2, 0) is 6.42 Å². The molecule has 0 aliphatic heterocycles. The first-order chi connectivity index (χ1) is 15.2. The molecule has 156 valence electrons. The van der Waals surface area contributed by atoms with Gasteiger partial charge in [0, 0.05) is 28.3 Å². The third-order valence-corrected chi connectivity index (χ3v) is 6.50. The summed E-state index contributed by atoms with van der Waals surface area (Å²) in [6.07, 6.45) is 2.20. The average Bonchev–Trinajstić information content (AvgIpc) is 3.26. The number of hydrogen-bond donors (Lipinski definition) is 1. The van der Waals surface area contributed by atoms with E-state index >= 15 is 0 Å². The third-order valence-electron chi connectivity index (χ3n) is 4.54. The van der Waals surface area contributed by atoms with E-state index in [4.69, 9.17) is 0 Å². The molecule has 4 rings (SSSR count). The molecule has 0 bridgehead atoms. The molecule has 1 heterocycles. The zero-order valence-electron chi connectivity index (χ0n) is 16.6. The number of nitro benzene ring substituents is 1. The van der Waals surface area contributed by atoms with Gasteiger partial charge >= 0.3 is 0 Å². The Labute approximate surface area is 188 Å². The van der Waals surface area contributed by atoms with Crippen molar-refractivity contribution in [3.05, 3.63) is 94.5 Å². The van der Waals surface area contributed by atoms with E-state index in [0.29, 0.717) is 15.7 Å². The second kappa shape index (κ2) is 10.2. The first kappa shape index (κ1) is 21.0. The number of aromatic nitrogens is 2. The highest BCUT2D eigenvalue weighted by molar-refractivity contribution is 7.99. The largest absolute Gasteiger partial charge is 0.330 e. The van der Waals surface area contributed by atoms with Crippen molar-refractivity contribution in [3.8, 4) is 10.6 Å². The number of benzene rings is 3. The van der Waals surface area contributed by atoms with E-state index in [1.807, 2.05) is 30.0 Å². The smallest absolute Gasteiger partial charge is 0.270 e. The van der Waals surface area contributed by atoms with Crippen molar-refractivity contribution in [3.63, 3.8) is 0 Å². The monoisotopic (exact) mass is 448 g/mol. The zero-order chi connectivity index (χ0) is 21.5. The highest BCUT2D eigenvalue weighted by atomic mass is 32.2. The summed E-state index contributed by atoms with van der Waals surface area (Å²) in [5.41, 5.74) is 3.03. The van der Waals surface area contributed by atoms with Crippen LogP contribution in [0.25, 0.3) is 10.6 Å². The highest BCUT2D eigenvalue weighted by Gasteiger charge is 2.11. The number of nitrogens with zero attached hydrogens (tertiary/aromatic N) is 3. The maximum absolute atomic E-state index is 11.0. The Bertz CT molecular complexity index is 1160. The summed E-state index contributed by atoms with van der Waals surface area (Å²) in [5, 5.41) is 23.9. The van der Waals surface area contributed by atoms with Crippen molar-refractivity contribution in [2.75, 3.05) is 11.1 Å². The van der Waals surface area contributed by atoms with E-state index < -0.39 is 4.92 Å². The summed E-state index contributed by atoms with van der Waals surface area (Å²) >= 11 is 3.20. The van der Waals surface area contributed by atoms with Crippen LogP contribution in [0.15, 0.2) is 83.8 Å². The molecular formula is C23H20N4O2S2. The van der Waals surface area contributed by atoms with Crippen molar-refractivity contribution in [1.82, 2.24) is 10.2 Å². The summed E-state index contributed by atoms with van der Waals surface area (Å²) in [4.78, 5) is 11.8. The Morgan fingerprint density at radius 1 is 0.968 bits per heavy atom. The van der Waals surface area contributed by atoms with Gasteiger partial charge in [-0.2, -0.15) is 0 Å². The lowest BCUT2D eigenvalue weighted by Crippen LogP contribution is -1.90. The van der Waals surface area contributed by atoms with E-state index in [9.17, 15) is 10.1 Å². The predicted octanol–water partition coefficient (Wildman–Crippen LogP) is 6.58. The van der Waals surface area contributed by atoms with Crippen molar-refractivity contribution in [2.24, 2.45) is 0 Å². The van der Waals surface area contributed by atoms with Gasteiger partial charge in [-0.3, -0.25) is 10.1 Å². The Hall–Kier alpha value is -3.23. The van der Waals surface area contributed by atoms with Crippen LogP contribution in [0.1, 0.15) is 12.0 Å². The lowest BCUT2D eigenvalue weighted by molar-refractivity contribution is -0.384. The molecule has 0 aliphatic carbocycles. The quantitative estimate of drug-likeness (QED) is 0.135. The van der Waals surface area contributed by atoms with Crippen LogP contribution in [0.3, 0.4) is 0 Å². The lowest BCUT2D eigenvalue weighted by Gasteiger charge is -2.06. The Balaban J connectivity index is 1.35. The van der Waals surface area contributed by atoms with Crippen LogP contribution >= 0.6 is 23.1 Å². The minimum Gasteiger partial charge on any atom is -0.330 e. The standard InChI is InChI=1S/C23H20N4O2S2/c28-27(29)20-12-4-10-18(15-20)22-25-26-23(31-22)24-19-11-5-13-21(16-19)30-14-6-9-17-7-2-1-3-8-17/h1-5,7-8,10-13,15-16H,6,9,14H2,(H,24,26). The predicted molar refractivity (Wildman–Crippen MR) is 127 cm³/mol. The summed E-state index contributed by atoms with van der Waals surface area (Å²) in [6.45, 7) is 0. The van der Waals surface area contributed by atoms with Gasteiger partial charge in [-0.25, -0.2) is 0 Å². The Kier molecular flexibility index (Phi) is 6.91. The summed E-state index contributed by atoms with van der Waals surface area (Å²) < 4.78 is 0. The molecule has 1 N–H and O–H groups in total. The molecule has 31 heavy (non-hydrogen) atoms. The van der Waals surface area contributed by atoms with Gasteiger partial charge in [0.15, 0.2) is 0 Å². The van der Waals surface area contributed by atoms with Crippen LogP contribution in [-0.4, -0.2) is 20.9 Å². The number of non-ortho nitro benzene ring substituents is 1. The topological polar surface area (TPSA) is 81.0 Å². The maximum Gasteiger partial charge on any atom is 0.270 e. The van der Waals surface area contributed by atoms with Crippen LogP contribution < -0.4 is 5.32 Å². The molecule has 0 saturated heterocycles. The molecule has 0 amide bonds. The van der Waals surface area contributed by atoms with Crippen molar-refractivity contribution >= 4 is 39.6 Å². The minimum absolute atomic E-state index is 0.0409. The third kappa shape index (κ3) is 5.90. The maximum atomic E-state index is 11.0. The van der Waals surface area contributed by atoms with E-state index in [0.717, 1.165) is 24.3 Å². The van der Waals surface area contributed by atoms with Crippen molar-refractivity contribution in [1.29, 1.82) is 0 Å². The molecule has 6 nitrogen and oxygen atoms in total. The van der Waals surface area contributed by atoms with Gasteiger partial charge in [-0.05, 0) is 42.4 Å². The number of nitro groups is 1. The van der Waals surface area contributed by atoms with E-state index in [2.05, 4.69) is 51.9 Å². The van der Waals surface area contributed by atoms with Crippen molar-refractivity contribution < 1.29 is 4.92 Å². The average molecular weight is 449 g/mol. The van der Waals surface area contributed by atoms with Gasteiger partial charge in [-0.1, -0.05) is 59.9 Å². The first-order valence-electron chi connectivity index (χ1n) is 9.79. The molecule has 0 fully saturated rings. The Morgan fingerprint density at radius 2 is 1.81 bits per heavy atom. The normalized spacial score (nSPS) is 10.7. The second-order valence-corrected chi connectivity index (χ2v) is 8.96. The van der Waals surface area contributed by atoms with Crippen LogP contribution in [0.4, 0.5) is 16.5 Å². The molecule has 0 atom stereocenters. The summed E-state index contributed by atoms with van der Waals surface area (Å²) in [6, 6.07) is 25.2. The second-order valence-electron chi connectivity index (χ2n) is 6.81. The highest BCUT2D eigenvalue weighted by Crippen LogP contribution is 2.31. The molecule has 0 radical (unpaired) electrons. The van der Waals surface area contributed by atoms with Crippen LogP contribution in [0, 0.1) is 10.1 Å². The lowest BCUT2D eigenvalue weighted by atomic mass is 10.1. The molecule has 8 heteroatoms. The van der Waals surface area contributed by atoms with Gasteiger partial charge in [0.05, 0.1) is 4.92 Å². The van der Waals surface area contributed by atoms with Crippen LogP contribution in [0.5, 0.6) is 0 Å². The van der Waals surface area contributed by atoms with Gasteiger partial charge in [0.25, 0.3) is 5.69 Å². The molecule has 4 aromatic rings. The molecular weight excluding hydrogens is 428 g/mol. The van der Waals surface area contributed by atoms with Gasteiger partial charge in [0.1, 0.15) is 5.01 Å². The Morgan fingerprint density at radius 3 is 2.65 bits per heavy atom. The molecule has 0 aliphatic rings. The number of nitrogens with one attached hydrogen (secondary N) is 1. The number of thioether (sulfide) groups is 1. The molecule has 0 unspecified atom stereocenters. The number of rotatable bonds is 9. The summed E-state index contributed by atoms with van der Waals surface area (Å²) in [5.74, 6) is 1.05. The SMILES string of the molecule is O=[N+]([O-])c1cccc(-c2nnc(Nc3cccc(SCCCc4ccccc4)c3)s2)c1. The first-order valence-corrected chi connectivity index (χ1v) is 11.6. The van der Waals surface area contributed by atoms with Gasteiger partial charge < -0.3 is 5.32 Å². The summed E-state index contributed by atoms with van der Waals surface area (Å²) in [7, 11) is 0. The van der Waals surface area contributed by atoms with E-state index in [1.165, 1.54) is 33.9 Å². The van der Waals surface area contributed by atoms with Crippen molar-refractivity contribution in [2.45, 2.75) is 17.7 Å². The molecule has 1 aromatic heterocycles. The number of aryl methyl sites for hydroxylation is 1. The number of hydrogen-bond acceptors (Lipinski definition) is 7. The fourth-order valence-corrected chi connectivity index (χ4v) is 4.71. The molecule has 3 aromatic carbocycles. The van der Waals surface area contributed by atoms with Gasteiger partial charge in [-0.15, -0.1) is 22.0 Å². The fraction of sp³-hybridized carbons (Fsp3) is 0.130. The minimum atomic E-state index is -0.410.